The van der Waals surface area contributed by atoms with Gasteiger partial charge < -0.3 is 25.3 Å². The van der Waals surface area contributed by atoms with Crippen LogP contribution in [0.15, 0.2) is 53.8 Å². The Morgan fingerprint density at radius 3 is 2.16 bits per heavy atom. The van der Waals surface area contributed by atoms with E-state index >= 15 is 0 Å². The van der Waals surface area contributed by atoms with Crippen LogP contribution in [-0.2, 0) is 20.8 Å². The van der Waals surface area contributed by atoms with E-state index in [1.807, 2.05) is 30.6 Å². The van der Waals surface area contributed by atoms with Crippen LogP contribution in [0.4, 0.5) is 5.69 Å². The van der Waals surface area contributed by atoms with Gasteiger partial charge in [-0.3, -0.25) is 19.6 Å². The maximum atomic E-state index is 10.3. The van der Waals surface area contributed by atoms with Gasteiger partial charge in [0, 0.05) is 30.7 Å². The Bertz CT molecular complexity index is 914. The van der Waals surface area contributed by atoms with Gasteiger partial charge in [-0.05, 0) is 38.2 Å². The van der Waals surface area contributed by atoms with Gasteiger partial charge >= 0.3 is 17.9 Å². The molecular formula is C22H27N3O7. The summed E-state index contributed by atoms with van der Waals surface area (Å²) in [5, 5.41) is 33.8. The number of likely N-dealkylation sites (N-methyl/N-ethyl adjacent to an activating group) is 1. The summed E-state index contributed by atoms with van der Waals surface area (Å²) < 4.78 is 0. The van der Waals surface area contributed by atoms with E-state index in [0.29, 0.717) is 0 Å². The lowest BCUT2D eigenvalue weighted by atomic mass is 9.96. The third kappa shape index (κ3) is 9.92. The largest absolute Gasteiger partial charge is 0.481 e. The summed E-state index contributed by atoms with van der Waals surface area (Å²) in [6, 6.07) is 12.2. The molecular weight excluding hydrogens is 418 g/mol. The highest BCUT2D eigenvalue weighted by Crippen LogP contribution is 2.19. The lowest BCUT2D eigenvalue weighted by Gasteiger charge is -2.18. The summed E-state index contributed by atoms with van der Waals surface area (Å²) in [6.45, 7) is 1.03. The molecule has 2 rings (SSSR count). The van der Waals surface area contributed by atoms with Gasteiger partial charge in [-0.15, -0.1) is 0 Å². The number of aliphatic carboxylic acids is 3. The second-order valence-electron chi connectivity index (χ2n) is 7.20. The smallest absolute Gasteiger partial charge is 0.336 e. The summed E-state index contributed by atoms with van der Waals surface area (Å²) in [5.41, 5.74) is 0.590. The molecule has 0 aliphatic rings. The molecule has 0 saturated heterocycles. The van der Waals surface area contributed by atoms with Crippen LogP contribution < -0.4 is 0 Å². The molecule has 0 atom stereocenters. The van der Waals surface area contributed by atoms with Crippen LogP contribution in [0.3, 0.4) is 0 Å². The Hall–Kier alpha value is -3.63. The Balaban J connectivity index is 0.000000347. The van der Waals surface area contributed by atoms with Crippen LogP contribution in [0.5, 0.6) is 0 Å². The number of carboxylic acid groups (broad SMARTS) is 3. The molecule has 0 aliphatic heterocycles. The monoisotopic (exact) mass is 445 g/mol. The molecule has 1 aromatic heterocycles. The average Bonchev–Trinajstić information content (AvgIpc) is 2.71. The van der Waals surface area contributed by atoms with Crippen molar-refractivity contribution in [2.24, 2.45) is 4.99 Å². The molecule has 172 valence electrons. The fraction of sp³-hybridized carbons (Fsp3) is 0.318. The number of aromatic nitrogens is 1. The highest BCUT2D eigenvalue weighted by Gasteiger charge is 2.40. The predicted octanol–water partition coefficient (Wildman–Crippen LogP) is 1.69. The highest BCUT2D eigenvalue weighted by atomic mass is 16.4. The van der Waals surface area contributed by atoms with Gasteiger partial charge in [0.1, 0.15) is 0 Å². The summed E-state index contributed by atoms with van der Waals surface area (Å²) >= 11 is 0. The SMILES string of the molecule is CN(C)CCc1ccccc1N=Cc1cccnc1.O=C(O)CC(O)(CC(=O)O)C(=O)O. The molecule has 0 unspecified atom stereocenters. The molecule has 10 nitrogen and oxygen atoms in total. The first kappa shape index (κ1) is 26.4. The minimum absolute atomic E-state index is 1.01. The van der Waals surface area contributed by atoms with Crippen LogP contribution >= 0.6 is 0 Å². The lowest BCUT2D eigenvalue weighted by Crippen LogP contribution is -2.42. The minimum atomic E-state index is -2.74. The fourth-order valence-electron chi connectivity index (χ4n) is 2.50. The quantitative estimate of drug-likeness (QED) is 0.399. The van der Waals surface area contributed by atoms with E-state index in [1.165, 1.54) is 5.56 Å². The molecule has 2 aromatic rings. The lowest BCUT2D eigenvalue weighted by molar-refractivity contribution is -0.170. The van der Waals surface area contributed by atoms with Crippen LogP contribution in [-0.4, -0.2) is 80.7 Å². The summed E-state index contributed by atoms with van der Waals surface area (Å²) in [6.07, 6.45) is 4.16. The number of hydrogen-bond acceptors (Lipinski definition) is 7. The van der Waals surface area contributed by atoms with Gasteiger partial charge in [0.25, 0.3) is 0 Å². The summed E-state index contributed by atoms with van der Waals surface area (Å²) in [4.78, 5) is 41.3. The van der Waals surface area contributed by atoms with Crippen molar-refractivity contribution in [2.75, 3.05) is 20.6 Å². The molecule has 0 radical (unpaired) electrons. The average molecular weight is 445 g/mol. The normalized spacial score (nSPS) is 11.1. The zero-order chi connectivity index (χ0) is 24.1. The molecule has 4 N–H and O–H groups in total. The molecule has 0 fully saturated rings. The van der Waals surface area contributed by atoms with E-state index in [9.17, 15) is 14.4 Å². The molecule has 1 heterocycles. The second kappa shape index (κ2) is 12.9. The van der Waals surface area contributed by atoms with Gasteiger partial charge in [-0.1, -0.05) is 24.3 Å². The molecule has 1 aromatic carbocycles. The Kier molecular flexibility index (Phi) is 10.7. The molecule has 0 saturated carbocycles. The first-order chi connectivity index (χ1) is 15.0. The van der Waals surface area contributed by atoms with E-state index in [0.717, 1.165) is 24.2 Å². The van der Waals surface area contributed by atoms with Crippen LogP contribution in [0.2, 0.25) is 0 Å². The third-order valence-electron chi connectivity index (χ3n) is 4.14. The Morgan fingerprint density at radius 1 is 1.03 bits per heavy atom. The number of benzene rings is 1. The number of carboxylic acids is 3. The van der Waals surface area contributed by atoms with Crippen molar-refractivity contribution >= 4 is 29.8 Å². The number of pyridine rings is 1. The van der Waals surface area contributed by atoms with E-state index in [2.05, 4.69) is 47.2 Å². The number of carbonyl (C=O) groups is 3. The maximum absolute atomic E-state index is 10.3. The van der Waals surface area contributed by atoms with E-state index in [-0.39, 0.29) is 0 Å². The number of hydrogen-bond donors (Lipinski definition) is 4. The van der Waals surface area contributed by atoms with Crippen LogP contribution in [0.1, 0.15) is 24.0 Å². The zero-order valence-corrected chi connectivity index (χ0v) is 17.9. The number of aliphatic hydroxyl groups is 1. The highest BCUT2D eigenvalue weighted by molar-refractivity contribution is 5.88. The summed E-state index contributed by atoms with van der Waals surface area (Å²) in [7, 11) is 4.17. The van der Waals surface area contributed by atoms with E-state index in [4.69, 9.17) is 20.4 Å². The first-order valence-electron chi connectivity index (χ1n) is 9.59. The first-order valence-corrected chi connectivity index (χ1v) is 9.59. The minimum Gasteiger partial charge on any atom is -0.481 e. The van der Waals surface area contributed by atoms with Gasteiger partial charge in [0.05, 0.1) is 18.5 Å². The molecule has 0 spiro atoms. The molecule has 0 aliphatic carbocycles. The van der Waals surface area contributed by atoms with Crippen molar-refractivity contribution in [1.82, 2.24) is 9.88 Å². The third-order valence-corrected chi connectivity index (χ3v) is 4.14. The standard InChI is InChI=1S/C16H19N3.C6H8O7/c1-19(2)11-9-15-7-3-4-8-16(15)18-13-14-6-5-10-17-12-14;7-3(8)1-6(13,5(11)12)2-4(9)10/h3-8,10,12-13H,9,11H2,1-2H3;13H,1-2H2,(H,7,8)(H,9,10)(H,11,12). The van der Waals surface area contributed by atoms with Crippen molar-refractivity contribution in [2.45, 2.75) is 24.9 Å². The van der Waals surface area contributed by atoms with Crippen molar-refractivity contribution in [3.05, 3.63) is 59.9 Å². The zero-order valence-electron chi connectivity index (χ0n) is 17.9. The number of para-hydroxylation sites is 1. The maximum Gasteiger partial charge on any atom is 0.336 e. The second-order valence-corrected chi connectivity index (χ2v) is 7.20. The fourth-order valence-corrected chi connectivity index (χ4v) is 2.50. The van der Waals surface area contributed by atoms with Crippen LogP contribution in [0.25, 0.3) is 0 Å². The predicted molar refractivity (Wildman–Crippen MR) is 117 cm³/mol. The van der Waals surface area contributed by atoms with Gasteiger partial charge in [0.15, 0.2) is 5.60 Å². The van der Waals surface area contributed by atoms with Gasteiger partial charge in [0.2, 0.25) is 0 Å². The van der Waals surface area contributed by atoms with Crippen LogP contribution in [0, 0.1) is 0 Å². The number of rotatable bonds is 10. The number of aliphatic imine (C=N–C) groups is 1. The van der Waals surface area contributed by atoms with E-state index < -0.39 is 36.4 Å². The summed E-state index contributed by atoms with van der Waals surface area (Å²) in [5.74, 6) is -5.02. The molecule has 32 heavy (non-hydrogen) atoms. The van der Waals surface area contributed by atoms with Gasteiger partial charge in [-0.25, -0.2) is 4.79 Å². The van der Waals surface area contributed by atoms with Crippen molar-refractivity contribution in [3.8, 4) is 0 Å². The van der Waals surface area contributed by atoms with Crippen molar-refractivity contribution in [3.63, 3.8) is 0 Å². The molecule has 10 heteroatoms. The van der Waals surface area contributed by atoms with Crippen molar-refractivity contribution in [1.29, 1.82) is 0 Å². The number of nitrogens with zero attached hydrogens (tertiary/aromatic N) is 3. The van der Waals surface area contributed by atoms with Gasteiger partial charge in [-0.2, -0.15) is 0 Å². The molecule has 0 amide bonds. The Labute approximate surface area is 185 Å². The van der Waals surface area contributed by atoms with E-state index in [1.54, 1.807) is 6.20 Å². The Morgan fingerprint density at radius 2 is 1.66 bits per heavy atom. The molecule has 0 bridgehead atoms. The van der Waals surface area contributed by atoms with Crippen molar-refractivity contribution < 1.29 is 34.8 Å². The topological polar surface area (TPSA) is 161 Å².